The number of anilines is 1. The SMILES string of the molecule is Cc1nn(C)c(C)c1C1COCCN1c1ncncc1Br. The zero-order chi connectivity index (χ0) is 15.0. The zero-order valence-electron chi connectivity index (χ0n) is 12.4. The first kappa shape index (κ1) is 14.5. The van der Waals surface area contributed by atoms with Gasteiger partial charge in [-0.2, -0.15) is 5.10 Å². The number of morpholine rings is 1. The minimum absolute atomic E-state index is 0.124. The summed E-state index contributed by atoms with van der Waals surface area (Å²) in [5, 5.41) is 4.53. The van der Waals surface area contributed by atoms with Gasteiger partial charge in [0.15, 0.2) is 0 Å². The molecular weight excluding hydrogens is 334 g/mol. The fourth-order valence-electron chi connectivity index (χ4n) is 2.89. The lowest BCUT2D eigenvalue weighted by molar-refractivity contribution is 0.0932. The van der Waals surface area contributed by atoms with Crippen molar-refractivity contribution < 1.29 is 4.74 Å². The molecule has 0 aromatic carbocycles. The molecule has 1 fully saturated rings. The van der Waals surface area contributed by atoms with Crippen molar-refractivity contribution >= 4 is 21.7 Å². The molecule has 2 aromatic heterocycles. The quantitative estimate of drug-likeness (QED) is 0.829. The standard InChI is InChI=1S/C14H18BrN5O/c1-9-13(10(2)19(3)18-9)12-7-21-5-4-20(12)14-11(15)6-16-8-17-14/h6,8,12H,4-5,7H2,1-3H3. The van der Waals surface area contributed by atoms with E-state index in [1.165, 1.54) is 5.56 Å². The maximum Gasteiger partial charge on any atom is 0.147 e. The third kappa shape index (κ3) is 2.55. The van der Waals surface area contributed by atoms with Gasteiger partial charge in [0.25, 0.3) is 0 Å². The van der Waals surface area contributed by atoms with Crippen LogP contribution in [0.4, 0.5) is 5.82 Å². The second-order valence-electron chi connectivity index (χ2n) is 5.19. The molecule has 3 rings (SSSR count). The molecule has 3 heterocycles. The highest BCUT2D eigenvalue weighted by Gasteiger charge is 2.31. The van der Waals surface area contributed by atoms with Crippen molar-refractivity contribution in [3.63, 3.8) is 0 Å². The maximum atomic E-state index is 5.71. The highest BCUT2D eigenvalue weighted by molar-refractivity contribution is 9.10. The van der Waals surface area contributed by atoms with Crippen molar-refractivity contribution in [2.24, 2.45) is 7.05 Å². The summed E-state index contributed by atoms with van der Waals surface area (Å²) >= 11 is 3.55. The number of hydrogen-bond donors (Lipinski definition) is 0. The molecule has 21 heavy (non-hydrogen) atoms. The lowest BCUT2D eigenvalue weighted by Crippen LogP contribution is -2.40. The Labute approximate surface area is 132 Å². The monoisotopic (exact) mass is 351 g/mol. The summed E-state index contributed by atoms with van der Waals surface area (Å²) in [6, 6.07) is 0.124. The molecule has 1 atom stereocenters. The van der Waals surface area contributed by atoms with E-state index < -0.39 is 0 Å². The highest BCUT2D eigenvalue weighted by atomic mass is 79.9. The van der Waals surface area contributed by atoms with E-state index in [9.17, 15) is 0 Å². The van der Waals surface area contributed by atoms with E-state index in [1.807, 2.05) is 18.7 Å². The zero-order valence-corrected chi connectivity index (χ0v) is 14.0. The van der Waals surface area contributed by atoms with Crippen molar-refractivity contribution in [3.8, 4) is 0 Å². The van der Waals surface area contributed by atoms with Gasteiger partial charge in [-0.1, -0.05) is 0 Å². The van der Waals surface area contributed by atoms with Crippen LogP contribution in [-0.4, -0.2) is 39.5 Å². The number of rotatable bonds is 2. The van der Waals surface area contributed by atoms with E-state index in [4.69, 9.17) is 4.74 Å². The maximum absolute atomic E-state index is 5.71. The Hall–Kier alpha value is -1.47. The van der Waals surface area contributed by atoms with E-state index in [1.54, 1.807) is 12.5 Å². The summed E-state index contributed by atoms with van der Waals surface area (Å²) in [4.78, 5) is 10.7. The fourth-order valence-corrected chi connectivity index (χ4v) is 3.33. The molecule has 1 saturated heterocycles. The van der Waals surface area contributed by atoms with Gasteiger partial charge in [0.2, 0.25) is 0 Å². The largest absolute Gasteiger partial charge is 0.377 e. The molecule has 2 aromatic rings. The van der Waals surface area contributed by atoms with Gasteiger partial charge < -0.3 is 9.64 Å². The summed E-state index contributed by atoms with van der Waals surface area (Å²) in [6.45, 7) is 6.28. The van der Waals surface area contributed by atoms with Gasteiger partial charge >= 0.3 is 0 Å². The van der Waals surface area contributed by atoms with Gasteiger partial charge in [-0.25, -0.2) is 9.97 Å². The molecule has 1 aliphatic heterocycles. The van der Waals surface area contributed by atoms with E-state index in [0.717, 1.165) is 28.2 Å². The van der Waals surface area contributed by atoms with Crippen LogP contribution in [0.2, 0.25) is 0 Å². The summed E-state index contributed by atoms with van der Waals surface area (Å²) in [7, 11) is 1.97. The second-order valence-corrected chi connectivity index (χ2v) is 6.04. The first-order valence-electron chi connectivity index (χ1n) is 6.89. The Morgan fingerprint density at radius 3 is 2.86 bits per heavy atom. The molecule has 0 spiro atoms. The van der Waals surface area contributed by atoms with Crippen LogP contribution in [-0.2, 0) is 11.8 Å². The van der Waals surface area contributed by atoms with E-state index in [-0.39, 0.29) is 6.04 Å². The van der Waals surface area contributed by atoms with Crippen LogP contribution in [0.15, 0.2) is 17.0 Å². The molecule has 7 heteroatoms. The third-order valence-corrected chi connectivity index (χ3v) is 4.51. The van der Waals surface area contributed by atoms with Gasteiger partial charge in [0, 0.05) is 31.0 Å². The van der Waals surface area contributed by atoms with Crippen LogP contribution in [0.1, 0.15) is 23.0 Å². The van der Waals surface area contributed by atoms with Crippen molar-refractivity contribution in [2.75, 3.05) is 24.7 Å². The van der Waals surface area contributed by atoms with Crippen LogP contribution in [0.25, 0.3) is 0 Å². The van der Waals surface area contributed by atoms with Crippen LogP contribution in [0.5, 0.6) is 0 Å². The van der Waals surface area contributed by atoms with Crippen LogP contribution < -0.4 is 4.90 Å². The average molecular weight is 352 g/mol. The molecule has 0 bridgehead atoms. The molecule has 112 valence electrons. The molecule has 0 saturated carbocycles. The Balaban J connectivity index is 2.05. The summed E-state index contributed by atoms with van der Waals surface area (Å²) < 4.78 is 8.53. The minimum Gasteiger partial charge on any atom is -0.377 e. The van der Waals surface area contributed by atoms with Gasteiger partial charge in [-0.05, 0) is 29.8 Å². The van der Waals surface area contributed by atoms with Crippen molar-refractivity contribution in [1.29, 1.82) is 0 Å². The Kier molecular flexibility index (Phi) is 3.95. The smallest absolute Gasteiger partial charge is 0.147 e. The van der Waals surface area contributed by atoms with Gasteiger partial charge in [-0.15, -0.1) is 0 Å². The van der Waals surface area contributed by atoms with E-state index in [0.29, 0.717) is 13.2 Å². The number of nitrogens with zero attached hydrogens (tertiary/aromatic N) is 5. The second kappa shape index (κ2) is 5.73. The molecule has 0 amide bonds. The topological polar surface area (TPSA) is 56.1 Å². The van der Waals surface area contributed by atoms with Crippen LogP contribution in [0, 0.1) is 13.8 Å². The predicted molar refractivity (Wildman–Crippen MR) is 83.3 cm³/mol. The van der Waals surface area contributed by atoms with Gasteiger partial charge in [-0.3, -0.25) is 4.68 Å². The Bertz CT molecular complexity index is 657. The third-order valence-electron chi connectivity index (χ3n) is 3.95. The highest BCUT2D eigenvalue weighted by Crippen LogP contribution is 2.34. The minimum atomic E-state index is 0.124. The number of hydrogen-bond acceptors (Lipinski definition) is 5. The average Bonchev–Trinajstić information content (AvgIpc) is 2.73. The lowest BCUT2D eigenvalue weighted by atomic mass is 10.0. The van der Waals surface area contributed by atoms with Gasteiger partial charge in [0.1, 0.15) is 12.1 Å². The lowest BCUT2D eigenvalue weighted by Gasteiger charge is -2.37. The Morgan fingerprint density at radius 2 is 2.19 bits per heavy atom. The van der Waals surface area contributed by atoms with Crippen molar-refractivity contribution in [1.82, 2.24) is 19.7 Å². The molecular formula is C14H18BrN5O. The first-order chi connectivity index (χ1) is 10.1. The normalized spacial score (nSPS) is 19.0. The molecule has 1 aliphatic rings. The first-order valence-corrected chi connectivity index (χ1v) is 7.69. The number of aryl methyl sites for hydroxylation is 2. The predicted octanol–water partition coefficient (Wildman–Crippen LogP) is 2.17. The number of aromatic nitrogens is 4. The molecule has 0 radical (unpaired) electrons. The van der Waals surface area contributed by atoms with Crippen LogP contribution in [0.3, 0.4) is 0 Å². The summed E-state index contributed by atoms with van der Waals surface area (Å²) in [6.07, 6.45) is 3.35. The molecule has 1 unspecified atom stereocenters. The van der Waals surface area contributed by atoms with E-state index in [2.05, 4.69) is 42.8 Å². The summed E-state index contributed by atoms with van der Waals surface area (Å²) in [5.74, 6) is 0.904. The number of ether oxygens (including phenoxy) is 1. The molecule has 0 N–H and O–H groups in total. The van der Waals surface area contributed by atoms with Gasteiger partial charge in [0.05, 0.1) is 29.4 Å². The van der Waals surface area contributed by atoms with E-state index >= 15 is 0 Å². The summed E-state index contributed by atoms with van der Waals surface area (Å²) in [5.41, 5.74) is 3.43. The van der Waals surface area contributed by atoms with Crippen molar-refractivity contribution in [2.45, 2.75) is 19.9 Å². The van der Waals surface area contributed by atoms with Crippen molar-refractivity contribution in [3.05, 3.63) is 33.9 Å². The molecule has 0 aliphatic carbocycles. The molecule has 6 nitrogen and oxygen atoms in total. The Morgan fingerprint density at radius 1 is 1.38 bits per heavy atom. The number of halogens is 1. The van der Waals surface area contributed by atoms with Crippen LogP contribution >= 0.6 is 15.9 Å². The fraction of sp³-hybridized carbons (Fsp3) is 0.500.